The molecular weight excluding hydrogens is 560 g/mol. The molecule has 8 heteroatoms. The number of rotatable bonds is 13. The Hall–Kier alpha value is -2.03. The lowest BCUT2D eigenvalue weighted by Gasteiger charge is -2.48. The molecule has 1 unspecified atom stereocenters. The van der Waals surface area contributed by atoms with Crippen molar-refractivity contribution >= 4 is 17.7 Å². The zero-order valence-corrected chi connectivity index (χ0v) is 28.2. The van der Waals surface area contributed by atoms with Crippen molar-refractivity contribution in [1.29, 1.82) is 0 Å². The Labute approximate surface area is 263 Å². The number of allylic oxidation sites excluding steroid dienone is 1. The summed E-state index contributed by atoms with van der Waals surface area (Å²) in [6.45, 7) is 15.0. The second kappa shape index (κ2) is 12.6. The molecule has 9 atom stereocenters. The molecule has 2 fully saturated rings. The fourth-order valence-electron chi connectivity index (χ4n) is 8.76. The Bertz CT molecular complexity index is 1180. The van der Waals surface area contributed by atoms with E-state index in [1.54, 1.807) is 26.0 Å². The molecular formula is C36H56O8. The van der Waals surface area contributed by atoms with Gasteiger partial charge in [0.1, 0.15) is 30.0 Å². The summed E-state index contributed by atoms with van der Waals surface area (Å²) < 4.78 is 12.0. The maximum absolute atomic E-state index is 14.7. The maximum atomic E-state index is 14.7. The summed E-state index contributed by atoms with van der Waals surface area (Å²) in [5.41, 5.74) is -4.80. The predicted molar refractivity (Wildman–Crippen MR) is 167 cm³/mol. The van der Waals surface area contributed by atoms with Crippen LogP contribution in [0.15, 0.2) is 23.3 Å². The maximum Gasteiger partial charge on any atom is 0.309 e. The summed E-state index contributed by atoms with van der Waals surface area (Å²) in [6.07, 6.45) is 8.33. The highest BCUT2D eigenvalue weighted by atomic mass is 16.6. The minimum absolute atomic E-state index is 0.0419. The van der Waals surface area contributed by atoms with Gasteiger partial charge in [-0.2, -0.15) is 0 Å². The van der Waals surface area contributed by atoms with E-state index in [1.165, 1.54) is 25.7 Å². The first-order valence-electron chi connectivity index (χ1n) is 17.0. The number of carbonyl (C=O) groups excluding carboxylic acids is 3. The molecule has 4 rings (SSSR count). The largest absolute Gasteiger partial charge is 0.461 e. The van der Waals surface area contributed by atoms with Gasteiger partial charge < -0.3 is 24.8 Å². The third kappa shape index (κ3) is 5.30. The summed E-state index contributed by atoms with van der Waals surface area (Å²) in [7, 11) is 0. The van der Waals surface area contributed by atoms with E-state index in [2.05, 4.69) is 6.92 Å². The Balaban J connectivity index is 1.66. The van der Waals surface area contributed by atoms with Crippen LogP contribution in [0, 0.1) is 40.4 Å². The standard InChI is InChI=1S/C36H56O8/c1-9-10-11-12-13-14-15-16-27(37)44-35-19-23(5)34-18-22(4)29(38)36(34,42)30(39)25(20-43-32(41)24(6)21(2)3)17-26(31(34)40)28(35)33(35,7)8/h17-18,21,23-24,26,28-30,38-39,42H,9-16,19-20H2,1-8H3/t23-,24?,26+,28-,29+,30-,34+,35+,36-/m1/s1. The quantitative estimate of drug-likeness (QED) is 0.141. The predicted octanol–water partition coefficient (Wildman–Crippen LogP) is 5.46. The molecule has 0 aromatic rings. The van der Waals surface area contributed by atoms with Gasteiger partial charge in [0.25, 0.3) is 0 Å². The fraction of sp³-hybridized carbons (Fsp3) is 0.806. The lowest BCUT2D eigenvalue weighted by molar-refractivity contribution is -0.192. The van der Waals surface area contributed by atoms with Crippen molar-refractivity contribution in [1.82, 2.24) is 0 Å². The van der Waals surface area contributed by atoms with Gasteiger partial charge in [0.05, 0.1) is 11.3 Å². The normalized spacial score (nSPS) is 37.6. The van der Waals surface area contributed by atoms with E-state index in [0.29, 0.717) is 18.4 Å². The molecule has 44 heavy (non-hydrogen) atoms. The number of ketones is 1. The number of aliphatic hydroxyl groups is 3. The van der Waals surface area contributed by atoms with Crippen molar-refractivity contribution in [3.05, 3.63) is 23.3 Å². The van der Waals surface area contributed by atoms with Gasteiger partial charge in [-0.15, -0.1) is 0 Å². The number of esters is 2. The number of carbonyl (C=O) groups is 3. The number of hydrogen-bond donors (Lipinski definition) is 3. The zero-order valence-electron chi connectivity index (χ0n) is 28.2. The Morgan fingerprint density at radius 2 is 1.64 bits per heavy atom. The number of Topliss-reactive ketones (excluding diaryl/α,β-unsaturated/α-hetero) is 1. The van der Waals surface area contributed by atoms with Crippen LogP contribution in [-0.4, -0.2) is 63.1 Å². The lowest BCUT2D eigenvalue weighted by atomic mass is 9.59. The molecule has 4 aliphatic rings. The molecule has 3 N–H and O–H groups in total. The molecule has 0 radical (unpaired) electrons. The van der Waals surface area contributed by atoms with Gasteiger partial charge in [0, 0.05) is 23.7 Å². The SMILES string of the molecule is CCCCCCCCCC(=O)O[C@@]12C[C@@H](C)[C@]34C=C(C)[C@H](O)[C@@]3(O)[C@H](O)C(COC(=O)C(C)C(C)C)=C[C@H](C4=O)[C@@H]1C2(C)C. The third-order valence-corrected chi connectivity index (χ3v) is 11.9. The summed E-state index contributed by atoms with van der Waals surface area (Å²) in [6, 6.07) is 0. The van der Waals surface area contributed by atoms with E-state index in [-0.39, 0.29) is 35.8 Å². The van der Waals surface area contributed by atoms with Crippen LogP contribution in [-0.2, 0) is 23.9 Å². The van der Waals surface area contributed by atoms with Crippen molar-refractivity contribution in [3.8, 4) is 0 Å². The first-order chi connectivity index (χ1) is 20.5. The van der Waals surface area contributed by atoms with E-state index in [4.69, 9.17) is 9.47 Å². The van der Waals surface area contributed by atoms with Crippen molar-refractivity contribution in [2.24, 2.45) is 40.4 Å². The molecule has 0 heterocycles. The second-order valence-corrected chi connectivity index (χ2v) is 15.2. The van der Waals surface area contributed by atoms with Crippen molar-refractivity contribution in [2.45, 2.75) is 137 Å². The van der Waals surface area contributed by atoms with Gasteiger partial charge in [0.15, 0.2) is 5.78 Å². The van der Waals surface area contributed by atoms with Crippen LogP contribution in [0.5, 0.6) is 0 Å². The van der Waals surface area contributed by atoms with Crippen molar-refractivity contribution in [2.75, 3.05) is 6.61 Å². The Kier molecular flexibility index (Phi) is 10.0. The second-order valence-electron chi connectivity index (χ2n) is 15.2. The monoisotopic (exact) mass is 616 g/mol. The number of hydrogen-bond acceptors (Lipinski definition) is 8. The summed E-state index contributed by atoms with van der Waals surface area (Å²) >= 11 is 0. The number of fused-ring (bicyclic) bond motifs is 3. The molecule has 248 valence electrons. The first-order valence-corrected chi connectivity index (χ1v) is 17.0. The van der Waals surface area contributed by atoms with E-state index in [0.717, 1.165) is 19.3 Å². The molecule has 0 aromatic carbocycles. The summed E-state index contributed by atoms with van der Waals surface area (Å²) in [4.78, 5) is 40.8. The van der Waals surface area contributed by atoms with Gasteiger partial charge in [-0.25, -0.2) is 0 Å². The van der Waals surface area contributed by atoms with E-state index in [9.17, 15) is 29.7 Å². The molecule has 8 nitrogen and oxygen atoms in total. The highest BCUT2D eigenvalue weighted by molar-refractivity contribution is 5.96. The van der Waals surface area contributed by atoms with Crippen LogP contribution in [0.3, 0.4) is 0 Å². The molecule has 0 amide bonds. The van der Waals surface area contributed by atoms with Gasteiger partial charge >= 0.3 is 11.9 Å². The zero-order chi connectivity index (χ0) is 32.8. The van der Waals surface area contributed by atoms with Crippen molar-refractivity contribution < 1.29 is 39.2 Å². The van der Waals surface area contributed by atoms with Gasteiger partial charge in [0.2, 0.25) is 0 Å². The van der Waals surface area contributed by atoms with Crippen LogP contribution < -0.4 is 0 Å². The van der Waals surface area contributed by atoms with E-state index < -0.39 is 58.0 Å². The molecule has 0 aliphatic heterocycles. The third-order valence-electron chi connectivity index (χ3n) is 11.9. The molecule has 2 bridgehead atoms. The van der Waals surface area contributed by atoms with Gasteiger partial charge in [-0.1, -0.05) is 99.1 Å². The highest BCUT2D eigenvalue weighted by Crippen LogP contribution is 2.75. The van der Waals surface area contributed by atoms with Gasteiger partial charge in [-0.05, 0) is 42.7 Å². The minimum atomic E-state index is -2.27. The number of ether oxygens (including phenoxy) is 2. The highest BCUT2D eigenvalue weighted by Gasteiger charge is 2.83. The molecule has 2 saturated carbocycles. The minimum Gasteiger partial charge on any atom is -0.461 e. The first kappa shape index (κ1) is 34.8. The number of unbranched alkanes of at least 4 members (excludes halogenated alkanes) is 6. The fourth-order valence-corrected chi connectivity index (χ4v) is 8.76. The van der Waals surface area contributed by atoms with E-state index in [1.807, 2.05) is 34.6 Å². The number of aliphatic hydroxyl groups excluding tert-OH is 2. The Morgan fingerprint density at radius 3 is 2.25 bits per heavy atom. The van der Waals surface area contributed by atoms with E-state index >= 15 is 0 Å². The summed E-state index contributed by atoms with van der Waals surface area (Å²) in [5, 5.41) is 35.5. The van der Waals surface area contributed by atoms with Crippen LogP contribution in [0.25, 0.3) is 0 Å². The van der Waals surface area contributed by atoms with Crippen LogP contribution >= 0.6 is 0 Å². The lowest BCUT2D eigenvalue weighted by Crippen LogP contribution is -2.65. The van der Waals surface area contributed by atoms with Crippen LogP contribution in [0.2, 0.25) is 0 Å². The molecule has 1 spiro atoms. The average Bonchev–Trinajstić information content (AvgIpc) is 3.37. The average molecular weight is 617 g/mol. The van der Waals surface area contributed by atoms with Crippen LogP contribution in [0.1, 0.15) is 113 Å². The van der Waals surface area contributed by atoms with Gasteiger partial charge in [-0.3, -0.25) is 14.4 Å². The Morgan fingerprint density at radius 1 is 1.02 bits per heavy atom. The topological polar surface area (TPSA) is 130 Å². The van der Waals surface area contributed by atoms with Crippen LogP contribution in [0.4, 0.5) is 0 Å². The smallest absolute Gasteiger partial charge is 0.309 e. The molecule has 0 aromatic heterocycles. The molecule has 0 saturated heterocycles. The molecule has 4 aliphatic carbocycles. The summed E-state index contributed by atoms with van der Waals surface area (Å²) in [5.74, 6) is -3.17. The van der Waals surface area contributed by atoms with Crippen molar-refractivity contribution in [3.63, 3.8) is 0 Å².